The van der Waals surface area contributed by atoms with Gasteiger partial charge in [-0.05, 0) is 49.6 Å². The van der Waals surface area contributed by atoms with Gasteiger partial charge in [0.25, 0.3) is 0 Å². The van der Waals surface area contributed by atoms with Gasteiger partial charge in [0, 0.05) is 36.1 Å². The highest BCUT2D eigenvalue weighted by Gasteiger charge is 2.14. The van der Waals surface area contributed by atoms with Crippen molar-refractivity contribution in [3.63, 3.8) is 0 Å². The standard InChI is InChI=1S/C23H28N2O3/c1-3-27-23(26)10-7-13-28-19-11-12-22-20(14-19)21(15-24)17(2)25(22)16-18-8-5-4-6-9-18/h4-6,8-9,11-12,14H,3,7,10,13,15-16,24H2,1-2H3. The van der Waals surface area contributed by atoms with Gasteiger partial charge in [-0.25, -0.2) is 0 Å². The molecule has 2 N–H and O–H groups in total. The number of esters is 1. The van der Waals surface area contributed by atoms with E-state index in [0.29, 0.717) is 32.6 Å². The minimum Gasteiger partial charge on any atom is -0.494 e. The Morgan fingerprint density at radius 3 is 2.64 bits per heavy atom. The number of benzene rings is 2. The topological polar surface area (TPSA) is 66.5 Å². The van der Waals surface area contributed by atoms with E-state index >= 15 is 0 Å². The molecule has 0 amide bonds. The quantitative estimate of drug-likeness (QED) is 0.447. The molecule has 0 atom stereocenters. The number of carbonyl (C=O) groups is 1. The second kappa shape index (κ2) is 9.42. The van der Waals surface area contributed by atoms with Crippen LogP contribution < -0.4 is 10.5 Å². The first-order valence-electron chi connectivity index (χ1n) is 9.78. The van der Waals surface area contributed by atoms with Gasteiger partial charge in [-0.1, -0.05) is 30.3 Å². The van der Waals surface area contributed by atoms with Crippen LogP contribution in [0.5, 0.6) is 5.75 Å². The van der Waals surface area contributed by atoms with Gasteiger partial charge < -0.3 is 19.8 Å². The molecule has 148 valence electrons. The number of aromatic nitrogens is 1. The van der Waals surface area contributed by atoms with E-state index in [1.165, 1.54) is 11.3 Å². The highest BCUT2D eigenvalue weighted by molar-refractivity contribution is 5.87. The number of rotatable bonds is 9. The zero-order chi connectivity index (χ0) is 19.9. The summed E-state index contributed by atoms with van der Waals surface area (Å²) in [4.78, 5) is 11.4. The SMILES string of the molecule is CCOC(=O)CCCOc1ccc2c(c1)c(CN)c(C)n2Cc1ccccc1. The van der Waals surface area contributed by atoms with Crippen LogP contribution in [-0.2, 0) is 22.6 Å². The molecule has 1 heterocycles. The summed E-state index contributed by atoms with van der Waals surface area (Å²) in [6, 6.07) is 16.5. The molecule has 0 fully saturated rings. The summed E-state index contributed by atoms with van der Waals surface area (Å²) < 4.78 is 13.1. The van der Waals surface area contributed by atoms with Gasteiger partial charge in [0.2, 0.25) is 0 Å². The van der Waals surface area contributed by atoms with Crippen LogP contribution in [0.4, 0.5) is 0 Å². The molecule has 2 aromatic carbocycles. The van der Waals surface area contributed by atoms with Gasteiger partial charge >= 0.3 is 5.97 Å². The Bertz CT molecular complexity index is 932. The van der Waals surface area contributed by atoms with Gasteiger partial charge in [0.15, 0.2) is 0 Å². The lowest BCUT2D eigenvalue weighted by atomic mass is 10.1. The number of ether oxygens (including phenoxy) is 2. The fraction of sp³-hybridized carbons (Fsp3) is 0.348. The van der Waals surface area contributed by atoms with Crippen molar-refractivity contribution >= 4 is 16.9 Å². The molecular weight excluding hydrogens is 352 g/mol. The Kier molecular flexibility index (Phi) is 6.71. The number of nitrogens with zero attached hydrogens (tertiary/aromatic N) is 1. The zero-order valence-corrected chi connectivity index (χ0v) is 16.6. The van der Waals surface area contributed by atoms with Gasteiger partial charge in [0.1, 0.15) is 5.75 Å². The molecule has 0 spiro atoms. The predicted molar refractivity (Wildman–Crippen MR) is 111 cm³/mol. The zero-order valence-electron chi connectivity index (χ0n) is 16.6. The van der Waals surface area contributed by atoms with Crippen molar-refractivity contribution in [2.24, 2.45) is 5.73 Å². The van der Waals surface area contributed by atoms with E-state index in [1.54, 1.807) is 0 Å². The Morgan fingerprint density at radius 2 is 1.93 bits per heavy atom. The van der Waals surface area contributed by atoms with Gasteiger partial charge in [-0.3, -0.25) is 4.79 Å². The molecule has 0 aliphatic heterocycles. The number of hydrogen-bond acceptors (Lipinski definition) is 4. The van der Waals surface area contributed by atoms with Gasteiger partial charge in [-0.2, -0.15) is 0 Å². The van der Waals surface area contributed by atoms with Crippen LogP contribution in [0.3, 0.4) is 0 Å². The third-order valence-electron chi connectivity index (χ3n) is 4.91. The summed E-state index contributed by atoms with van der Waals surface area (Å²) in [7, 11) is 0. The van der Waals surface area contributed by atoms with Crippen LogP contribution in [0.25, 0.3) is 10.9 Å². The number of fused-ring (bicyclic) bond motifs is 1. The lowest BCUT2D eigenvalue weighted by Crippen LogP contribution is -2.06. The van der Waals surface area contributed by atoms with E-state index in [-0.39, 0.29) is 5.97 Å². The molecule has 0 aliphatic rings. The molecule has 1 aromatic heterocycles. The molecule has 0 saturated carbocycles. The molecule has 0 unspecified atom stereocenters. The van der Waals surface area contributed by atoms with Crippen molar-refractivity contribution in [1.29, 1.82) is 0 Å². The summed E-state index contributed by atoms with van der Waals surface area (Å²) in [5.74, 6) is 0.614. The molecule has 5 heteroatoms. The number of hydrogen-bond donors (Lipinski definition) is 1. The van der Waals surface area contributed by atoms with Crippen molar-refractivity contribution in [3.05, 3.63) is 65.4 Å². The molecule has 3 rings (SSSR count). The van der Waals surface area contributed by atoms with E-state index < -0.39 is 0 Å². The Morgan fingerprint density at radius 1 is 1.14 bits per heavy atom. The lowest BCUT2D eigenvalue weighted by Gasteiger charge is -2.10. The summed E-state index contributed by atoms with van der Waals surface area (Å²) in [6.07, 6.45) is 1.01. The maximum absolute atomic E-state index is 11.4. The van der Waals surface area contributed by atoms with Crippen LogP contribution >= 0.6 is 0 Å². The molecule has 5 nitrogen and oxygen atoms in total. The van der Waals surface area contributed by atoms with E-state index in [0.717, 1.165) is 28.8 Å². The van der Waals surface area contributed by atoms with Crippen LogP contribution in [-0.4, -0.2) is 23.8 Å². The summed E-state index contributed by atoms with van der Waals surface area (Å²) >= 11 is 0. The fourth-order valence-corrected chi connectivity index (χ4v) is 3.49. The first-order valence-corrected chi connectivity index (χ1v) is 9.78. The minimum absolute atomic E-state index is 0.180. The Hall–Kier alpha value is -2.79. The van der Waals surface area contributed by atoms with E-state index in [1.807, 2.05) is 19.1 Å². The average Bonchev–Trinajstić information content (AvgIpc) is 2.97. The molecule has 0 aliphatic carbocycles. The molecule has 0 bridgehead atoms. The minimum atomic E-state index is -0.180. The molecular formula is C23H28N2O3. The maximum atomic E-state index is 11.4. The van der Waals surface area contributed by atoms with E-state index in [9.17, 15) is 4.79 Å². The second-order valence-electron chi connectivity index (χ2n) is 6.78. The maximum Gasteiger partial charge on any atom is 0.305 e. The van der Waals surface area contributed by atoms with Crippen molar-refractivity contribution < 1.29 is 14.3 Å². The molecule has 0 saturated heterocycles. The van der Waals surface area contributed by atoms with Crippen LogP contribution in [0.1, 0.15) is 36.6 Å². The van der Waals surface area contributed by atoms with E-state index in [4.69, 9.17) is 15.2 Å². The second-order valence-corrected chi connectivity index (χ2v) is 6.78. The first kappa shape index (κ1) is 20.0. The largest absolute Gasteiger partial charge is 0.494 e. The monoisotopic (exact) mass is 380 g/mol. The summed E-state index contributed by atoms with van der Waals surface area (Å²) in [5.41, 5.74) is 10.8. The number of nitrogens with two attached hydrogens (primary N) is 1. The Balaban J connectivity index is 1.77. The summed E-state index contributed by atoms with van der Waals surface area (Å²) in [5, 5.41) is 1.12. The van der Waals surface area contributed by atoms with Crippen LogP contribution in [0.15, 0.2) is 48.5 Å². The van der Waals surface area contributed by atoms with Crippen molar-refractivity contribution in [3.8, 4) is 5.75 Å². The normalized spacial score (nSPS) is 11.0. The highest BCUT2D eigenvalue weighted by Crippen LogP contribution is 2.30. The molecule has 0 radical (unpaired) electrons. The first-order chi connectivity index (χ1) is 13.6. The smallest absolute Gasteiger partial charge is 0.305 e. The molecule has 3 aromatic rings. The van der Waals surface area contributed by atoms with Gasteiger partial charge in [0.05, 0.1) is 13.2 Å². The van der Waals surface area contributed by atoms with Crippen molar-refractivity contribution in [1.82, 2.24) is 4.57 Å². The fourth-order valence-electron chi connectivity index (χ4n) is 3.49. The van der Waals surface area contributed by atoms with Crippen LogP contribution in [0.2, 0.25) is 0 Å². The summed E-state index contributed by atoms with van der Waals surface area (Å²) in [6.45, 7) is 6.11. The number of carbonyl (C=O) groups excluding carboxylic acids is 1. The predicted octanol–water partition coefficient (Wildman–Crippen LogP) is 4.18. The van der Waals surface area contributed by atoms with E-state index in [2.05, 4.69) is 47.9 Å². The third kappa shape index (κ3) is 4.54. The Labute approximate surface area is 166 Å². The third-order valence-corrected chi connectivity index (χ3v) is 4.91. The lowest BCUT2D eigenvalue weighted by molar-refractivity contribution is -0.143. The highest BCUT2D eigenvalue weighted by atomic mass is 16.5. The average molecular weight is 380 g/mol. The van der Waals surface area contributed by atoms with Gasteiger partial charge in [-0.15, -0.1) is 0 Å². The van der Waals surface area contributed by atoms with Crippen LogP contribution in [0, 0.1) is 6.92 Å². The van der Waals surface area contributed by atoms with Crippen molar-refractivity contribution in [2.75, 3.05) is 13.2 Å². The molecule has 28 heavy (non-hydrogen) atoms. The van der Waals surface area contributed by atoms with Crippen molar-refractivity contribution in [2.45, 2.75) is 39.8 Å².